The average molecular weight is 322 g/mol. The number of carbonyl (C=O) groups excluding carboxylic acids is 1. The first-order valence-corrected chi connectivity index (χ1v) is 7.03. The molecule has 6 heteroatoms. The van der Waals surface area contributed by atoms with Crippen LogP contribution in [0.1, 0.15) is 17.3 Å². The zero-order valence-electron chi connectivity index (χ0n) is 12.2. The summed E-state index contributed by atoms with van der Waals surface area (Å²) in [5.41, 5.74) is 0.912. The minimum absolute atomic E-state index is 0.129. The van der Waals surface area contributed by atoms with E-state index in [4.69, 9.17) is 21.1 Å². The maximum absolute atomic E-state index is 12.3. The Kier molecular flexibility index (Phi) is 5.12. The van der Waals surface area contributed by atoms with Gasteiger partial charge in [-0.1, -0.05) is 11.6 Å². The van der Waals surface area contributed by atoms with Crippen molar-refractivity contribution in [2.45, 2.75) is 6.92 Å². The van der Waals surface area contributed by atoms with Gasteiger partial charge in [0.05, 0.1) is 18.7 Å². The van der Waals surface area contributed by atoms with E-state index in [0.717, 1.165) is 0 Å². The summed E-state index contributed by atoms with van der Waals surface area (Å²) in [4.78, 5) is 12.3. The first kappa shape index (κ1) is 16.0. The number of ether oxygens (including phenoxy) is 2. The maximum Gasteiger partial charge on any atom is 0.255 e. The van der Waals surface area contributed by atoms with Gasteiger partial charge in [-0.2, -0.15) is 0 Å². The highest BCUT2D eigenvalue weighted by atomic mass is 35.5. The third-order valence-electron chi connectivity index (χ3n) is 2.90. The molecule has 2 aromatic rings. The molecule has 0 saturated carbocycles. The predicted molar refractivity (Wildman–Crippen MR) is 85.2 cm³/mol. The van der Waals surface area contributed by atoms with Crippen molar-refractivity contribution in [3.8, 4) is 17.2 Å². The molecule has 0 radical (unpaired) electrons. The number of phenols is 1. The predicted octanol–water partition coefficient (Wildman–Crippen LogP) is 3.71. The van der Waals surface area contributed by atoms with Gasteiger partial charge in [0.25, 0.3) is 5.91 Å². The number of anilines is 1. The Balaban J connectivity index is 2.27. The molecule has 2 aromatic carbocycles. The maximum atomic E-state index is 12.3. The van der Waals surface area contributed by atoms with Gasteiger partial charge in [0.1, 0.15) is 5.75 Å². The second kappa shape index (κ2) is 7.04. The summed E-state index contributed by atoms with van der Waals surface area (Å²) < 4.78 is 10.6. The molecule has 0 fully saturated rings. The molecular formula is C16H16ClNO4. The molecule has 0 unspecified atom stereocenters. The summed E-state index contributed by atoms with van der Waals surface area (Å²) in [5.74, 6) is 0.596. The van der Waals surface area contributed by atoms with Crippen LogP contribution in [0.4, 0.5) is 5.69 Å². The molecule has 2 rings (SSSR count). The van der Waals surface area contributed by atoms with Gasteiger partial charge in [0.2, 0.25) is 0 Å². The minimum atomic E-state index is -0.337. The number of benzene rings is 2. The molecular weight excluding hydrogens is 306 g/mol. The highest BCUT2D eigenvalue weighted by Crippen LogP contribution is 2.36. The number of phenolic OH excluding ortho intramolecular Hbond substituents is 1. The average Bonchev–Trinajstić information content (AvgIpc) is 2.49. The Morgan fingerprint density at radius 1 is 1.27 bits per heavy atom. The van der Waals surface area contributed by atoms with Crippen LogP contribution < -0.4 is 14.8 Å². The van der Waals surface area contributed by atoms with Gasteiger partial charge in [-0.3, -0.25) is 4.79 Å². The second-order valence-corrected chi connectivity index (χ2v) is 4.83. The monoisotopic (exact) mass is 321 g/mol. The van der Waals surface area contributed by atoms with Crippen molar-refractivity contribution in [1.82, 2.24) is 0 Å². The summed E-state index contributed by atoms with van der Waals surface area (Å²) in [6.07, 6.45) is 0. The van der Waals surface area contributed by atoms with Crippen molar-refractivity contribution in [1.29, 1.82) is 0 Å². The fourth-order valence-corrected chi connectivity index (χ4v) is 2.20. The Labute approximate surface area is 133 Å². The molecule has 0 aromatic heterocycles. The number of amides is 1. The molecule has 116 valence electrons. The summed E-state index contributed by atoms with van der Waals surface area (Å²) in [7, 11) is 1.49. The minimum Gasteiger partial charge on any atom is -0.508 e. The van der Waals surface area contributed by atoms with Gasteiger partial charge in [-0.05, 0) is 43.3 Å². The lowest BCUT2D eigenvalue weighted by molar-refractivity contribution is 0.102. The van der Waals surface area contributed by atoms with E-state index in [-0.39, 0.29) is 11.7 Å². The van der Waals surface area contributed by atoms with Crippen LogP contribution in [0.15, 0.2) is 36.4 Å². The van der Waals surface area contributed by atoms with Crippen LogP contribution in [-0.2, 0) is 0 Å². The number of rotatable bonds is 5. The number of hydrogen-bond acceptors (Lipinski definition) is 4. The van der Waals surface area contributed by atoms with Crippen molar-refractivity contribution < 1.29 is 19.4 Å². The molecule has 1 amide bonds. The lowest BCUT2D eigenvalue weighted by Gasteiger charge is -2.13. The number of carbonyl (C=O) groups is 1. The summed E-state index contributed by atoms with van der Waals surface area (Å²) in [5, 5.41) is 12.2. The number of aromatic hydroxyl groups is 1. The van der Waals surface area contributed by atoms with Gasteiger partial charge in [-0.25, -0.2) is 0 Å². The second-order valence-electron chi connectivity index (χ2n) is 4.42. The fraction of sp³-hybridized carbons (Fsp3) is 0.188. The summed E-state index contributed by atoms with van der Waals surface area (Å²) in [6, 6.07) is 9.26. The molecule has 0 heterocycles. The zero-order valence-corrected chi connectivity index (χ0v) is 13.0. The van der Waals surface area contributed by atoms with Gasteiger partial charge >= 0.3 is 0 Å². The Morgan fingerprint density at radius 3 is 2.55 bits per heavy atom. The number of hydrogen-bond donors (Lipinski definition) is 2. The van der Waals surface area contributed by atoms with E-state index in [1.165, 1.54) is 25.3 Å². The van der Waals surface area contributed by atoms with Crippen LogP contribution >= 0.6 is 11.6 Å². The molecule has 0 atom stereocenters. The van der Waals surface area contributed by atoms with Gasteiger partial charge in [0.15, 0.2) is 11.5 Å². The Hall–Kier alpha value is -2.40. The molecule has 22 heavy (non-hydrogen) atoms. The van der Waals surface area contributed by atoms with Crippen LogP contribution in [0, 0.1) is 0 Å². The first-order valence-electron chi connectivity index (χ1n) is 6.66. The molecule has 0 saturated heterocycles. The van der Waals surface area contributed by atoms with Gasteiger partial charge < -0.3 is 19.9 Å². The molecule has 5 nitrogen and oxygen atoms in total. The Morgan fingerprint density at radius 2 is 1.95 bits per heavy atom. The third-order valence-corrected chi connectivity index (χ3v) is 3.18. The smallest absolute Gasteiger partial charge is 0.255 e. The Bertz CT molecular complexity index is 671. The molecule has 0 aliphatic carbocycles. The largest absolute Gasteiger partial charge is 0.508 e. The quantitative estimate of drug-likeness (QED) is 0.824. The SMILES string of the molecule is CCOc1cc(C(=O)Nc2ccc(O)cc2)cc(Cl)c1OC. The van der Waals surface area contributed by atoms with E-state index in [1.807, 2.05) is 6.92 Å². The van der Waals surface area contributed by atoms with E-state index in [2.05, 4.69) is 5.32 Å². The standard InChI is InChI=1S/C16H16ClNO4/c1-3-22-14-9-10(8-13(17)15(14)21-2)16(20)18-11-4-6-12(19)7-5-11/h4-9,19H,3H2,1-2H3,(H,18,20). The fourth-order valence-electron chi connectivity index (χ4n) is 1.91. The summed E-state index contributed by atoms with van der Waals surface area (Å²) in [6.45, 7) is 2.26. The van der Waals surface area contributed by atoms with Crippen LogP contribution in [0.3, 0.4) is 0 Å². The van der Waals surface area contributed by atoms with Crippen molar-refractivity contribution >= 4 is 23.2 Å². The zero-order chi connectivity index (χ0) is 16.1. The number of halogens is 1. The highest BCUT2D eigenvalue weighted by Gasteiger charge is 2.15. The van der Waals surface area contributed by atoms with Crippen molar-refractivity contribution in [3.05, 3.63) is 47.0 Å². The normalized spacial score (nSPS) is 10.1. The van der Waals surface area contributed by atoms with E-state index in [1.54, 1.807) is 18.2 Å². The van der Waals surface area contributed by atoms with E-state index in [0.29, 0.717) is 34.4 Å². The molecule has 0 aliphatic rings. The highest BCUT2D eigenvalue weighted by molar-refractivity contribution is 6.32. The molecule has 2 N–H and O–H groups in total. The number of methoxy groups -OCH3 is 1. The van der Waals surface area contributed by atoms with Gasteiger partial charge in [0, 0.05) is 11.3 Å². The topological polar surface area (TPSA) is 67.8 Å². The lowest BCUT2D eigenvalue weighted by Crippen LogP contribution is -2.12. The van der Waals surface area contributed by atoms with E-state index in [9.17, 15) is 9.90 Å². The van der Waals surface area contributed by atoms with E-state index < -0.39 is 0 Å². The van der Waals surface area contributed by atoms with Crippen molar-refractivity contribution in [2.75, 3.05) is 19.0 Å². The van der Waals surface area contributed by atoms with E-state index >= 15 is 0 Å². The summed E-state index contributed by atoms with van der Waals surface area (Å²) >= 11 is 6.12. The van der Waals surface area contributed by atoms with Crippen LogP contribution in [0.25, 0.3) is 0 Å². The van der Waals surface area contributed by atoms with Crippen LogP contribution in [-0.4, -0.2) is 24.7 Å². The van der Waals surface area contributed by atoms with Crippen molar-refractivity contribution in [3.63, 3.8) is 0 Å². The van der Waals surface area contributed by atoms with Crippen molar-refractivity contribution in [2.24, 2.45) is 0 Å². The molecule has 0 spiro atoms. The third kappa shape index (κ3) is 3.62. The van der Waals surface area contributed by atoms with Crippen LogP contribution in [0.2, 0.25) is 5.02 Å². The van der Waals surface area contributed by atoms with Gasteiger partial charge in [-0.15, -0.1) is 0 Å². The molecule has 0 aliphatic heterocycles. The van der Waals surface area contributed by atoms with Crippen LogP contribution in [0.5, 0.6) is 17.2 Å². The lowest BCUT2D eigenvalue weighted by atomic mass is 10.1. The number of nitrogens with one attached hydrogen (secondary N) is 1. The molecule has 0 bridgehead atoms. The first-order chi connectivity index (χ1) is 10.5.